The summed E-state index contributed by atoms with van der Waals surface area (Å²) in [5.74, 6) is 0. The molecule has 0 radical (unpaired) electrons. The van der Waals surface area contributed by atoms with Gasteiger partial charge in [-0.3, -0.25) is 0 Å². The Morgan fingerprint density at radius 3 is 1.39 bits per heavy atom. The van der Waals surface area contributed by atoms with Crippen molar-refractivity contribution in [2.75, 3.05) is 4.90 Å². The van der Waals surface area contributed by atoms with Gasteiger partial charge in [0, 0.05) is 42.6 Å². The van der Waals surface area contributed by atoms with Crippen molar-refractivity contribution in [1.82, 2.24) is 0 Å². The minimum atomic E-state index is -0.413. The van der Waals surface area contributed by atoms with Crippen LogP contribution in [-0.4, -0.2) is 0 Å². The standard InChI is InChI=1S/C57H37NS/c1-56(46-23-10-5-18-39(46)40-19-6-11-24-47(40)56)51-28-15-29-54-55(51)45-34-37(31-33-53(45)59-54)58(36-16-3-2-4-17-36)38-30-32-44-43-22-9-14-27-50(43)57(52(44)35-38)48-25-12-7-20-41(48)42-21-8-13-26-49(42)57/h2-35H,1H3. The zero-order chi connectivity index (χ0) is 38.9. The van der Waals surface area contributed by atoms with Gasteiger partial charge < -0.3 is 4.90 Å². The van der Waals surface area contributed by atoms with Gasteiger partial charge in [0.1, 0.15) is 0 Å². The summed E-state index contributed by atoms with van der Waals surface area (Å²) in [7, 11) is 0. The minimum Gasteiger partial charge on any atom is -0.310 e. The van der Waals surface area contributed by atoms with Gasteiger partial charge in [-0.25, -0.2) is 0 Å². The third-order valence-corrected chi connectivity index (χ3v) is 14.9. The van der Waals surface area contributed by atoms with Crippen molar-refractivity contribution in [3.8, 4) is 33.4 Å². The fourth-order valence-corrected chi connectivity index (χ4v) is 12.5. The van der Waals surface area contributed by atoms with Crippen LogP contribution in [0.25, 0.3) is 53.6 Å². The fraction of sp³-hybridized carbons (Fsp3) is 0.0526. The van der Waals surface area contributed by atoms with E-state index >= 15 is 0 Å². The number of fused-ring (bicyclic) bond motifs is 16. The van der Waals surface area contributed by atoms with Gasteiger partial charge >= 0.3 is 0 Å². The first-order valence-electron chi connectivity index (χ1n) is 20.6. The van der Waals surface area contributed by atoms with Crippen LogP contribution in [0.2, 0.25) is 0 Å². The molecule has 276 valence electrons. The van der Waals surface area contributed by atoms with E-state index in [1.165, 1.54) is 92.5 Å². The summed E-state index contributed by atoms with van der Waals surface area (Å²) < 4.78 is 2.62. The van der Waals surface area contributed by atoms with Crippen LogP contribution in [0.15, 0.2) is 206 Å². The molecule has 2 heteroatoms. The number of para-hydroxylation sites is 1. The average Bonchev–Trinajstić information content (AvgIpc) is 4.00. The van der Waals surface area contributed by atoms with Gasteiger partial charge in [0.15, 0.2) is 0 Å². The average molecular weight is 768 g/mol. The molecule has 0 amide bonds. The van der Waals surface area contributed by atoms with Crippen molar-refractivity contribution in [3.05, 3.63) is 245 Å². The van der Waals surface area contributed by atoms with Crippen molar-refractivity contribution in [2.24, 2.45) is 0 Å². The molecule has 0 bridgehead atoms. The number of hydrogen-bond acceptors (Lipinski definition) is 2. The van der Waals surface area contributed by atoms with Gasteiger partial charge in [-0.1, -0.05) is 158 Å². The van der Waals surface area contributed by atoms with Crippen LogP contribution in [0.4, 0.5) is 17.1 Å². The lowest BCUT2D eigenvalue weighted by Crippen LogP contribution is -2.26. The molecule has 0 saturated heterocycles. The van der Waals surface area contributed by atoms with E-state index in [-0.39, 0.29) is 5.41 Å². The van der Waals surface area contributed by atoms with Gasteiger partial charge in [-0.05, 0) is 128 Å². The molecule has 1 nitrogen and oxygen atoms in total. The summed E-state index contributed by atoms with van der Waals surface area (Å²) in [6.45, 7) is 2.44. The topological polar surface area (TPSA) is 3.24 Å². The summed E-state index contributed by atoms with van der Waals surface area (Å²) in [5, 5.41) is 2.64. The first-order valence-corrected chi connectivity index (χ1v) is 21.4. The predicted molar refractivity (Wildman–Crippen MR) is 248 cm³/mol. The number of anilines is 3. The molecule has 59 heavy (non-hydrogen) atoms. The summed E-state index contributed by atoms with van der Waals surface area (Å²) in [6.07, 6.45) is 0. The normalized spacial score (nSPS) is 14.5. The number of nitrogens with zero attached hydrogens (tertiary/aromatic N) is 1. The molecular formula is C57H37NS. The molecule has 3 aliphatic rings. The largest absolute Gasteiger partial charge is 0.310 e. The SMILES string of the molecule is CC1(c2cccc3sc4ccc(N(c5ccccc5)c5ccc6c(c5)C5(c7ccccc7-c7ccccc75)c5ccccc5-6)cc4c23)c2ccccc2-c2ccccc21. The molecular weight excluding hydrogens is 731 g/mol. The fourth-order valence-electron chi connectivity index (χ4n) is 11.4. The first-order chi connectivity index (χ1) is 29.2. The van der Waals surface area contributed by atoms with Crippen molar-refractivity contribution in [3.63, 3.8) is 0 Å². The van der Waals surface area contributed by atoms with Crippen molar-refractivity contribution in [1.29, 1.82) is 0 Å². The molecule has 10 aromatic rings. The van der Waals surface area contributed by atoms with E-state index < -0.39 is 5.41 Å². The van der Waals surface area contributed by atoms with Crippen LogP contribution >= 0.6 is 11.3 Å². The van der Waals surface area contributed by atoms with Crippen LogP contribution in [-0.2, 0) is 10.8 Å². The van der Waals surface area contributed by atoms with E-state index in [0.717, 1.165) is 17.1 Å². The number of rotatable bonds is 4. The number of thiophene rings is 1. The molecule has 1 aromatic heterocycles. The Morgan fingerprint density at radius 1 is 0.339 bits per heavy atom. The van der Waals surface area contributed by atoms with Gasteiger partial charge in [-0.2, -0.15) is 0 Å². The lowest BCUT2D eigenvalue weighted by Gasteiger charge is -2.32. The Kier molecular flexibility index (Phi) is 6.73. The molecule has 0 atom stereocenters. The highest BCUT2D eigenvalue weighted by atomic mass is 32.1. The van der Waals surface area contributed by atoms with E-state index in [4.69, 9.17) is 0 Å². The van der Waals surface area contributed by atoms with E-state index in [0.29, 0.717) is 0 Å². The van der Waals surface area contributed by atoms with Crippen molar-refractivity contribution in [2.45, 2.75) is 17.8 Å². The van der Waals surface area contributed by atoms with Crippen LogP contribution in [0.1, 0.15) is 45.9 Å². The summed E-state index contributed by atoms with van der Waals surface area (Å²) in [6, 6.07) is 77.4. The van der Waals surface area contributed by atoms with Crippen LogP contribution in [0.5, 0.6) is 0 Å². The maximum Gasteiger partial charge on any atom is 0.0726 e. The molecule has 1 spiro atoms. The predicted octanol–water partition coefficient (Wildman–Crippen LogP) is 15.2. The third kappa shape index (κ3) is 4.24. The minimum absolute atomic E-state index is 0.299. The smallest absolute Gasteiger partial charge is 0.0726 e. The third-order valence-electron chi connectivity index (χ3n) is 13.8. The van der Waals surface area contributed by atoms with E-state index in [1.807, 2.05) is 11.3 Å². The first kappa shape index (κ1) is 33.0. The molecule has 0 unspecified atom stereocenters. The summed E-state index contributed by atoms with van der Waals surface area (Å²) >= 11 is 1.90. The Balaban J connectivity index is 1.05. The Hall–Kier alpha value is -7.00. The van der Waals surface area contributed by atoms with Crippen molar-refractivity contribution < 1.29 is 0 Å². The van der Waals surface area contributed by atoms with Gasteiger partial charge in [0.25, 0.3) is 0 Å². The molecule has 0 N–H and O–H groups in total. The number of benzene rings is 9. The maximum absolute atomic E-state index is 2.50. The molecule has 0 saturated carbocycles. The summed E-state index contributed by atoms with van der Waals surface area (Å²) in [4.78, 5) is 2.47. The maximum atomic E-state index is 2.50. The second kappa shape index (κ2) is 12.0. The van der Waals surface area contributed by atoms with Crippen LogP contribution in [0.3, 0.4) is 0 Å². The van der Waals surface area contributed by atoms with E-state index in [9.17, 15) is 0 Å². The highest BCUT2D eigenvalue weighted by Crippen LogP contribution is 2.63. The molecule has 9 aromatic carbocycles. The van der Waals surface area contributed by atoms with Crippen molar-refractivity contribution >= 4 is 48.6 Å². The molecule has 0 fully saturated rings. The molecule has 13 rings (SSSR count). The van der Waals surface area contributed by atoms with E-state index in [1.54, 1.807) is 0 Å². The van der Waals surface area contributed by atoms with Crippen LogP contribution < -0.4 is 4.90 Å². The molecule has 0 aliphatic heterocycles. The Labute approximate surface area is 348 Å². The zero-order valence-electron chi connectivity index (χ0n) is 32.5. The molecule has 3 aliphatic carbocycles. The Bertz CT molecular complexity index is 3260. The molecule has 1 heterocycles. The lowest BCUT2D eigenvalue weighted by molar-refractivity contribution is 0.722. The Morgan fingerprint density at radius 2 is 0.797 bits per heavy atom. The van der Waals surface area contributed by atoms with Gasteiger partial charge in [0.2, 0.25) is 0 Å². The van der Waals surface area contributed by atoms with Crippen LogP contribution in [0, 0.1) is 0 Å². The second-order valence-corrected chi connectivity index (χ2v) is 17.5. The quantitative estimate of drug-likeness (QED) is 0.172. The van der Waals surface area contributed by atoms with Gasteiger partial charge in [0.05, 0.1) is 5.41 Å². The zero-order valence-corrected chi connectivity index (χ0v) is 33.3. The number of hydrogen-bond donors (Lipinski definition) is 0. The highest BCUT2D eigenvalue weighted by molar-refractivity contribution is 7.25. The second-order valence-electron chi connectivity index (χ2n) is 16.5. The van der Waals surface area contributed by atoms with E-state index in [2.05, 4.69) is 218 Å². The van der Waals surface area contributed by atoms with Gasteiger partial charge in [-0.15, -0.1) is 11.3 Å². The lowest BCUT2D eigenvalue weighted by atomic mass is 9.70. The monoisotopic (exact) mass is 767 g/mol. The highest BCUT2D eigenvalue weighted by Gasteiger charge is 2.51. The summed E-state index contributed by atoms with van der Waals surface area (Å²) in [5.41, 5.74) is 20.2.